The Labute approximate surface area is 109 Å². The number of para-hydroxylation sites is 1. The first-order chi connectivity index (χ1) is 8.97. The van der Waals surface area contributed by atoms with Crippen molar-refractivity contribution in [2.24, 2.45) is 5.73 Å². The highest BCUT2D eigenvalue weighted by molar-refractivity contribution is 5.81. The lowest BCUT2D eigenvalue weighted by Gasteiger charge is -2.14. The van der Waals surface area contributed by atoms with Crippen molar-refractivity contribution in [2.45, 2.75) is 31.5 Å². The monoisotopic (exact) mass is 268 g/mol. The standard InChI is InChI=1S/C14H15F3N2/c15-14(16,17)8-2-7-12(18)11-6-1-4-10-5-3-9-19-13(10)11/h1,3-6,9,12H,2,7-8,18H2. The second-order valence-corrected chi connectivity index (χ2v) is 4.54. The molecule has 1 atom stereocenters. The van der Waals surface area contributed by atoms with Gasteiger partial charge in [0.15, 0.2) is 0 Å². The molecule has 0 aliphatic carbocycles. The SMILES string of the molecule is NC(CCCC(F)(F)F)c1cccc2cccnc12. The molecule has 0 amide bonds. The summed E-state index contributed by atoms with van der Waals surface area (Å²) in [7, 11) is 0. The van der Waals surface area contributed by atoms with Crippen LogP contribution in [0.2, 0.25) is 0 Å². The van der Waals surface area contributed by atoms with E-state index in [4.69, 9.17) is 5.73 Å². The Morgan fingerprint density at radius 2 is 1.89 bits per heavy atom. The minimum atomic E-state index is -4.11. The molecule has 19 heavy (non-hydrogen) atoms. The van der Waals surface area contributed by atoms with Crippen molar-refractivity contribution in [1.29, 1.82) is 0 Å². The third kappa shape index (κ3) is 3.67. The molecule has 0 saturated carbocycles. The zero-order valence-corrected chi connectivity index (χ0v) is 10.3. The van der Waals surface area contributed by atoms with Gasteiger partial charge in [-0.1, -0.05) is 24.3 Å². The molecule has 0 spiro atoms. The molecule has 1 aromatic heterocycles. The van der Waals surface area contributed by atoms with Crippen LogP contribution in [0, 0.1) is 0 Å². The number of nitrogens with two attached hydrogens (primary N) is 1. The summed E-state index contributed by atoms with van der Waals surface area (Å²) in [5.41, 5.74) is 7.56. The molecule has 0 saturated heterocycles. The topological polar surface area (TPSA) is 38.9 Å². The summed E-state index contributed by atoms with van der Waals surface area (Å²) in [6.07, 6.45) is -2.91. The molecule has 0 aliphatic rings. The van der Waals surface area contributed by atoms with E-state index in [1.165, 1.54) is 0 Å². The van der Waals surface area contributed by atoms with Crippen LogP contribution in [0.3, 0.4) is 0 Å². The molecule has 2 rings (SSSR count). The van der Waals surface area contributed by atoms with E-state index in [0.717, 1.165) is 16.5 Å². The van der Waals surface area contributed by atoms with Crippen LogP contribution < -0.4 is 5.73 Å². The molecule has 2 aromatic rings. The van der Waals surface area contributed by atoms with Crippen LogP contribution in [0.5, 0.6) is 0 Å². The zero-order chi connectivity index (χ0) is 13.9. The Morgan fingerprint density at radius 1 is 1.16 bits per heavy atom. The van der Waals surface area contributed by atoms with Gasteiger partial charge in [-0.05, 0) is 24.5 Å². The van der Waals surface area contributed by atoms with E-state index < -0.39 is 18.6 Å². The highest BCUT2D eigenvalue weighted by Gasteiger charge is 2.26. The first-order valence-corrected chi connectivity index (χ1v) is 6.13. The molecule has 1 unspecified atom stereocenters. The fraction of sp³-hybridized carbons (Fsp3) is 0.357. The molecule has 2 N–H and O–H groups in total. The van der Waals surface area contributed by atoms with Crippen molar-refractivity contribution in [3.63, 3.8) is 0 Å². The van der Waals surface area contributed by atoms with Crippen LogP contribution in [0.15, 0.2) is 36.5 Å². The summed E-state index contributed by atoms with van der Waals surface area (Å²) in [5.74, 6) is 0. The molecule has 0 fully saturated rings. The number of nitrogens with zero attached hydrogens (tertiary/aromatic N) is 1. The molecule has 2 nitrogen and oxygen atoms in total. The van der Waals surface area contributed by atoms with Gasteiger partial charge in [-0.3, -0.25) is 4.98 Å². The van der Waals surface area contributed by atoms with Gasteiger partial charge in [0.2, 0.25) is 0 Å². The molecule has 1 heterocycles. The number of benzene rings is 1. The maximum atomic E-state index is 12.1. The summed E-state index contributed by atoms with van der Waals surface area (Å²) in [6.45, 7) is 0. The van der Waals surface area contributed by atoms with Gasteiger partial charge in [0.25, 0.3) is 0 Å². The lowest BCUT2D eigenvalue weighted by atomic mass is 9.99. The molecule has 0 radical (unpaired) electrons. The predicted octanol–water partition coefficient (Wildman–Crippen LogP) is 3.97. The van der Waals surface area contributed by atoms with Gasteiger partial charge in [-0.15, -0.1) is 0 Å². The lowest BCUT2D eigenvalue weighted by Crippen LogP contribution is -2.13. The molecule has 1 aromatic carbocycles. The van der Waals surface area contributed by atoms with Crippen molar-refractivity contribution in [1.82, 2.24) is 4.98 Å². The summed E-state index contributed by atoms with van der Waals surface area (Å²) in [6, 6.07) is 8.90. The summed E-state index contributed by atoms with van der Waals surface area (Å²) < 4.78 is 36.3. The number of hydrogen-bond acceptors (Lipinski definition) is 2. The molecule has 102 valence electrons. The third-order valence-corrected chi connectivity index (χ3v) is 3.04. The molecule has 5 heteroatoms. The quantitative estimate of drug-likeness (QED) is 0.911. The summed E-state index contributed by atoms with van der Waals surface area (Å²) >= 11 is 0. The number of rotatable bonds is 4. The van der Waals surface area contributed by atoms with Crippen LogP contribution in [0.25, 0.3) is 10.9 Å². The number of aromatic nitrogens is 1. The number of halogens is 3. The van der Waals surface area contributed by atoms with Crippen LogP contribution in [0.1, 0.15) is 30.9 Å². The number of hydrogen-bond donors (Lipinski definition) is 1. The Hall–Kier alpha value is -1.62. The fourth-order valence-electron chi connectivity index (χ4n) is 2.10. The largest absolute Gasteiger partial charge is 0.389 e. The second-order valence-electron chi connectivity index (χ2n) is 4.54. The van der Waals surface area contributed by atoms with E-state index >= 15 is 0 Å². The van der Waals surface area contributed by atoms with Crippen LogP contribution in [-0.2, 0) is 0 Å². The Kier molecular flexibility index (Phi) is 4.04. The van der Waals surface area contributed by atoms with E-state index in [9.17, 15) is 13.2 Å². The van der Waals surface area contributed by atoms with Gasteiger partial charge in [-0.2, -0.15) is 13.2 Å². The Morgan fingerprint density at radius 3 is 2.63 bits per heavy atom. The zero-order valence-electron chi connectivity index (χ0n) is 10.3. The van der Waals surface area contributed by atoms with Gasteiger partial charge >= 0.3 is 6.18 Å². The Balaban J connectivity index is 2.11. The van der Waals surface area contributed by atoms with Gasteiger partial charge in [0, 0.05) is 24.0 Å². The van der Waals surface area contributed by atoms with E-state index in [2.05, 4.69) is 4.98 Å². The second kappa shape index (κ2) is 5.57. The number of fused-ring (bicyclic) bond motifs is 1. The molecular weight excluding hydrogens is 253 g/mol. The minimum absolute atomic E-state index is 0.0356. The average Bonchev–Trinajstić information content (AvgIpc) is 2.36. The van der Waals surface area contributed by atoms with Gasteiger partial charge in [-0.25, -0.2) is 0 Å². The summed E-state index contributed by atoms with van der Waals surface area (Å²) in [4.78, 5) is 4.26. The van der Waals surface area contributed by atoms with Gasteiger partial charge in [0.05, 0.1) is 5.52 Å². The lowest BCUT2D eigenvalue weighted by molar-refractivity contribution is -0.135. The normalized spacial score (nSPS) is 13.7. The van der Waals surface area contributed by atoms with Crippen molar-refractivity contribution >= 4 is 10.9 Å². The van der Waals surface area contributed by atoms with E-state index in [-0.39, 0.29) is 6.42 Å². The predicted molar refractivity (Wildman–Crippen MR) is 68.6 cm³/mol. The Bertz CT molecular complexity index is 546. The van der Waals surface area contributed by atoms with Crippen molar-refractivity contribution in [3.8, 4) is 0 Å². The van der Waals surface area contributed by atoms with Crippen molar-refractivity contribution < 1.29 is 13.2 Å². The maximum absolute atomic E-state index is 12.1. The van der Waals surface area contributed by atoms with Crippen LogP contribution in [0.4, 0.5) is 13.2 Å². The average molecular weight is 268 g/mol. The van der Waals surface area contributed by atoms with E-state index in [1.54, 1.807) is 6.20 Å². The molecule has 0 bridgehead atoms. The highest BCUT2D eigenvalue weighted by atomic mass is 19.4. The van der Waals surface area contributed by atoms with E-state index in [0.29, 0.717) is 6.42 Å². The van der Waals surface area contributed by atoms with Gasteiger partial charge < -0.3 is 5.73 Å². The van der Waals surface area contributed by atoms with Crippen molar-refractivity contribution in [2.75, 3.05) is 0 Å². The number of pyridine rings is 1. The highest BCUT2D eigenvalue weighted by Crippen LogP contribution is 2.27. The number of alkyl halides is 3. The van der Waals surface area contributed by atoms with Gasteiger partial charge in [0.1, 0.15) is 0 Å². The van der Waals surface area contributed by atoms with Crippen molar-refractivity contribution in [3.05, 3.63) is 42.1 Å². The first kappa shape index (κ1) is 13.8. The van der Waals surface area contributed by atoms with E-state index in [1.807, 2.05) is 30.3 Å². The first-order valence-electron chi connectivity index (χ1n) is 6.13. The summed E-state index contributed by atoms with van der Waals surface area (Å²) in [5, 5.41) is 0.950. The fourth-order valence-corrected chi connectivity index (χ4v) is 2.10. The third-order valence-electron chi connectivity index (χ3n) is 3.04. The minimum Gasteiger partial charge on any atom is -0.324 e. The van der Waals surface area contributed by atoms with Crippen LogP contribution >= 0.6 is 0 Å². The smallest absolute Gasteiger partial charge is 0.324 e. The van der Waals surface area contributed by atoms with Crippen LogP contribution in [-0.4, -0.2) is 11.2 Å². The molecule has 0 aliphatic heterocycles. The molecular formula is C14H15F3N2. The maximum Gasteiger partial charge on any atom is 0.389 e.